The van der Waals surface area contributed by atoms with Crippen molar-refractivity contribution in [3.63, 3.8) is 0 Å². The van der Waals surface area contributed by atoms with E-state index in [9.17, 15) is 0 Å². The molecular formula is C16H24N2. The molecule has 1 heterocycles. The summed E-state index contributed by atoms with van der Waals surface area (Å²) in [6.45, 7) is 12.4. The molecule has 0 bridgehead atoms. The van der Waals surface area contributed by atoms with E-state index < -0.39 is 0 Å². The van der Waals surface area contributed by atoms with Crippen LogP contribution < -0.4 is 0 Å². The first-order valence-electron chi connectivity index (χ1n) is 6.81. The molecule has 0 radical (unpaired) electrons. The summed E-state index contributed by atoms with van der Waals surface area (Å²) in [6, 6.07) is 8.45. The maximum absolute atomic E-state index is 4.81. The fourth-order valence-corrected chi connectivity index (χ4v) is 2.30. The van der Waals surface area contributed by atoms with Crippen molar-refractivity contribution >= 4 is 11.0 Å². The summed E-state index contributed by atoms with van der Waals surface area (Å²) in [6.07, 6.45) is 1.02. The number of para-hydroxylation sites is 2. The molecule has 0 amide bonds. The van der Waals surface area contributed by atoms with E-state index in [1.165, 1.54) is 11.3 Å². The molecule has 0 aliphatic heterocycles. The molecular weight excluding hydrogens is 220 g/mol. The van der Waals surface area contributed by atoms with Gasteiger partial charge < -0.3 is 4.57 Å². The van der Waals surface area contributed by atoms with Crippen LogP contribution in [-0.4, -0.2) is 9.55 Å². The molecule has 0 aliphatic rings. The third-order valence-electron chi connectivity index (χ3n) is 2.97. The first-order valence-corrected chi connectivity index (χ1v) is 6.81. The number of fused-ring (bicyclic) bond motifs is 1. The minimum Gasteiger partial charge on any atom is -0.328 e. The van der Waals surface area contributed by atoms with E-state index >= 15 is 0 Å². The molecule has 2 aromatic rings. The Morgan fingerprint density at radius 1 is 1.17 bits per heavy atom. The van der Waals surface area contributed by atoms with Gasteiger partial charge in [0.1, 0.15) is 5.82 Å². The van der Waals surface area contributed by atoms with Crippen molar-refractivity contribution < 1.29 is 0 Å². The van der Waals surface area contributed by atoms with Gasteiger partial charge in [0, 0.05) is 13.0 Å². The molecule has 98 valence electrons. The molecule has 0 atom stereocenters. The monoisotopic (exact) mass is 244 g/mol. The smallest absolute Gasteiger partial charge is 0.110 e. The van der Waals surface area contributed by atoms with Crippen molar-refractivity contribution in [1.29, 1.82) is 0 Å². The van der Waals surface area contributed by atoms with Gasteiger partial charge in [-0.1, -0.05) is 46.8 Å². The fraction of sp³-hybridized carbons (Fsp3) is 0.562. The zero-order chi connectivity index (χ0) is 13.3. The van der Waals surface area contributed by atoms with Crippen molar-refractivity contribution in [2.75, 3.05) is 0 Å². The van der Waals surface area contributed by atoms with Gasteiger partial charge in [0.25, 0.3) is 0 Å². The van der Waals surface area contributed by atoms with E-state index in [-0.39, 0.29) is 5.41 Å². The highest BCUT2D eigenvalue weighted by molar-refractivity contribution is 5.75. The van der Waals surface area contributed by atoms with Crippen LogP contribution in [0.25, 0.3) is 11.0 Å². The van der Waals surface area contributed by atoms with E-state index in [1.807, 2.05) is 0 Å². The van der Waals surface area contributed by atoms with Gasteiger partial charge in [-0.05, 0) is 23.5 Å². The van der Waals surface area contributed by atoms with Gasteiger partial charge >= 0.3 is 0 Å². The van der Waals surface area contributed by atoms with E-state index in [0.29, 0.717) is 5.92 Å². The first-order chi connectivity index (χ1) is 8.37. The molecule has 0 saturated heterocycles. The number of hydrogen-bond acceptors (Lipinski definition) is 1. The molecule has 0 aliphatic carbocycles. The Hall–Kier alpha value is -1.31. The Labute approximate surface area is 110 Å². The van der Waals surface area contributed by atoms with Gasteiger partial charge in [-0.2, -0.15) is 0 Å². The number of nitrogens with zero attached hydrogens (tertiary/aromatic N) is 2. The summed E-state index contributed by atoms with van der Waals surface area (Å²) in [5.41, 5.74) is 2.67. The maximum atomic E-state index is 4.81. The van der Waals surface area contributed by atoms with Gasteiger partial charge in [-0.3, -0.25) is 0 Å². The molecule has 0 saturated carbocycles. The standard InChI is InChI=1S/C16H24N2/c1-12(2)11-18-14-9-7-6-8-13(14)17-15(18)10-16(3,4)5/h6-9,12H,10-11H2,1-5H3. The zero-order valence-electron chi connectivity index (χ0n) is 12.2. The van der Waals surface area contributed by atoms with Gasteiger partial charge in [-0.25, -0.2) is 4.98 Å². The highest BCUT2D eigenvalue weighted by atomic mass is 15.1. The summed E-state index contributed by atoms with van der Waals surface area (Å²) in [7, 11) is 0. The van der Waals surface area contributed by atoms with Gasteiger partial charge in [0.05, 0.1) is 11.0 Å². The lowest BCUT2D eigenvalue weighted by Crippen LogP contribution is -2.16. The van der Waals surface area contributed by atoms with Crippen molar-refractivity contribution in [2.45, 2.75) is 47.6 Å². The molecule has 2 rings (SSSR count). The van der Waals surface area contributed by atoms with E-state index in [0.717, 1.165) is 18.5 Å². The molecule has 0 spiro atoms. The fourth-order valence-electron chi connectivity index (χ4n) is 2.30. The summed E-state index contributed by atoms with van der Waals surface area (Å²) in [4.78, 5) is 4.81. The minimum atomic E-state index is 0.274. The third-order valence-corrected chi connectivity index (χ3v) is 2.97. The van der Waals surface area contributed by atoms with Crippen molar-refractivity contribution in [3.8, 4) is 0 Å². The largest absolute Gasteiger partial charge is 0.328 e. The first kappa shape index (κ1) is 13.1. The Morgan fingerprint density at radius 2 is 1.83 bits per heavy atom. The lowest BCUT2D eigenvalue weighted by atomic mass is 9.92. The summed E-state index contributed by atoms with van der Waals surface area (Å²) < 4.78 is 2.39. The van der Waals surface area contributed by atoms with Gasteiger partial charge in [0.2, 0.25) is 0 Å². The Morgan fingerprint density at radius 3 is 2.44 bits per heavy atom. The van der Waals surface area contributed by atoms with E-state index in [4.69, 9.17) is 4.98 Å². The second-order valence-electron chi connectivity index (χ2n) is 6.76. The molecule has 0 fully saturated rings. The van der Waals surface area contributed by atoms with Gasteiger partial charge in [-0.15, -0.1) is 0 Å². The lowest BCUT2D eigenvalue weighted by Gasteiger charge is -2.19. The summed E-state index contributed by atoms with van der Waals surface area (Å²) >= 11 is 0. The zero-order valence-corrected chi connectivity index (χ0v) is 12.2. The SMILES string of the molecule is CC(C)Cn1c(CC(C)(C)C)nc2ccccc21. The number of rotatable bonds is 3. The summed E-state index contributed by atoms with van der Waals surface area (Å²) in [5.74, 6) is 1.86. The molecule has 2 nitrogen and oxygen atoms in total. The predicted octanol–water partition coefficient (Wildman–Crippen LogP) is 4.28. The van der Waals surface area contributed by atoms with Crippen LogP contribution in [0.15, 0.2) is 24.3 Å². The molecule has 2 heteroatoms. The second-order valence-corrected chi connectivity index (χ2v) is 6.76. The van der Waals surface area contributed by atoms with Crippen molar-refractivity contribution in [1.82, 2.24) is 9.55 Å². The van der Waals surface area contributed by atoms with Gasteiger partial charge in [0.15, 0.2) is 0 Å². The topological polar surface area (TPSA) is 17.8 Å². The van der Waals surface area contributed by atoms with Crippen LogP contribution in [0.3, 0.4) is 0 Å². The van der Waals surface area contributed by atoms with E-state index in [1.54, 1.807) is 0 Å². The van der Waals surface area contributed by atoms with Crippen LogP contribution >= 0.6 is 0 Å². The number of aromatic nitrogens is 2. The quantitative estimate of drug-likeness (QED) is 0.788. The Balaban J connectivity index is 2.50. The van der Waals surface area contributed by atoms with Crippen LogP contribution in [0.1, 0.15) is 40.4 Å². The van der Waals surface area contributed by atoms with E-state index in [2.05, 4.69) is 63.5 Å². The highest BCUT2D eigenvalue weighted by Crippen LogP contribution is 2.24. The van der Waals surface area contributed by atoms with Crippen LogP contribution in [0.2, 0.25) is 0 Å². The average Bonchev–Trinajstić information content (AvgIpc) is 2.54. The van der Waals surface area contributed by atoms with Crippen LogP contribution in [0.4, 0.5) is 0 Å². The Kier molecular flexibility index (Phi) is 3.47. The third kappa shape index (κ3) is 2.92. The van der Waals surface area contributed by atoms with Crippen LogP contribution in [0, 0.1) is 11.3 Å². The number of imidazole rings is 1. The van der Waals surface area contributed by atoms with Crippen LogP contribution in [0.5, 0.6) is 0 Å². The molecule has 18 heavy (non-hydrogen) atoms. The molecule has 0 N–H and O–H groups in total. The predicted molar refractivity (Wildman–Crippen MR) is 77.7 cm³/mol. The maximum Gasteiger partial charge on any atom is 0.110 e. The normalized spacial score (nSPS) is 12.6. The number of benzene rings is 1. The highest BCUT2D eigenvalue weighted by Gasteiger charge is 2.18. The van der Waals surface area contributed by atoms with Crippen molar-refractivity contribution in [2.24, 2.45) is 11.3 Å². The average molecular weight is 244 g/mol. The Bertz CT molecular complexity index is 530. The lowest BCUT2D eigenvalue weighted by molar-refractivity contribution is 0.386. The molecule has 0 unspecified atom stereocenters. The minimum absolute atomic E-state index is 0.274. The second kappa shape index (κ2) is 4.75. The van der Waals surface area contributed by atoms with Crippen molar-refractivity contribution in [3.05, 3.63) is 30.1 Å². The molecule has 1 aromatic heterocycles. The number of hydrogen-bond donors (Lipinski definition) is 0. The summed E-state index contributed by atoms with van der Waals surface area (Å²) in [5, 5.41) is 0. The molecule has 1 aromatic carbocycles. The van der Waals surface area contributed by atoms with Crippen LogP contribution in [-0.2, 0) is 13.0 Å².